The summed E-state index contributed by atoms with van der Waals surface area (Å²) in [7, 11) is 1.59. The first kappa shape index (κ1) is 15.3. The van der Waals surface area contributed by atoms with Crippen LogP contribution >= 0.6 is 0 Å². The zero-order valence-electron chi connectivity index (χ0n) is 13.0. The molecule has 2 nitrogen and oxygen atoms in total. The maximum Gasteiger partial charge on any atom is 0.196 e. The third-order valence-electron chi connectivity index (χ3n) is 3.63. The van der Waals surface area contributed by atoms with Crippen molar-refractivity contribution in [2.24, 2.45) is 0 Å². The summed E-state index contributed by atoms with van der Waals surface area (Å²) in [6, 6.07) is 13.6. The molecule has 0 aliphatic carbocycles. The van der Waals surface area contributed by atoms with E-state index in [2.05, 4.69) is 6.92 Å². The van der Waals surface area contributed by atoms with Crippen LogP contribution in [0.1, 0.15) is 46.8 Å². The van der Waals surface area contributed by atoms with Crippen molar-refractivity contribution >= 4 is 5.78 Å². The van der Waals surface area contributed by atoms with Crippen LogP contribution in [0.5, 0.6) is 5.75 Å². The second-order valence-corrected chi connectivity index (χ2v) is 5.33. The minimum atomic E-state index is 0.0117. The van der Waals surface area contributed by atoms with Crippen molar-refractivity contribution in [1.29, 1.82) is 0 Å². The molecule has 110 valence electrons. The van der Waals surface area contributed by atoms with Crippen LogP contribution in [0.15, 0.2) is 42.5 Å². The van der Waals surface area contributed by atoms with Gasteiger partial charge in [-0.05, 0) is 37.5 Å². The van der Waals surface area contributed by atoms with E-state index in [0.717, 1.165) is 12.0 Å². The van der Waals surface area contributed by atoms with Gasteiger partial charge in [-0.2, -0.15) is 0 Å². The summed E-state index contributed by atoms with van der Waals surface area (Å²) in [4.78, 5) is 12.6. The fraction of sp³-hybridized carbons (Fsp3) is 0.316. The van der Waals surface area contributed by atoms with Gasteiger partial charge in [0.25, 0.3) is 0 Å². The average Bonchev–Trinajstić information content (AvgIpc) is 2.52. The number of hydrogen-bond acceptors (Lipinski definition) is 2. The Morgan fingerprint density at radius 2 is 1.81 bits per heavy atom. The van der Waals surface area contributed by atoms with Gasteiger partial charge in [0.1, 0.15) is 5.75 Å². The molecule has 0 N–H and O–H groups in total. The number of aryl methyl sites for hydroxylation is 2. The number of carbonyl (C=O) groups is 1. The number of benzene rings is 2. The number of carbonyl (C=O) groups excluding carboxylic acids is 1. The standard InChI is InChI=1S/C19H22O2/c1-4-5-6-15-8-10-16(11-9-15)19(20)17-13-14(2)7-12-18(17)21-3/h7-13H,4-6H2,1-3H3. The molecule has 0 aliphatic heterocycles. The SMILES string of the molecule is CCCCc1ccc(C(=O)c2cc(C)ccc2OC)cc1. The van der Waals surface area contributed by atoms with E-state index in [4.69, 9.17) is 4.74 Å². The molecule has 0 atom stereocenters. The zero-order valence-corrected chi connectivity index (χ0v) is 13.0. The van der Waals surface area contributed by atoms with Crippen molar-refractivity contribution in [3.63, 3.8) is 0 Å². The van der Waals surface area contributed by atoms with Gasteiger partial charge in [0.2, 0.25) is 0 Å². The number of unbranched alkanes of at least 4 members (excludes halogenated alkanes) is 1. The van der Waals surface area contributed by atoms with E-state index in [1.165, 1.54) is 18.4 Å². The van der Waals surface area contributed by atoms with Crippen molar-refractivity contribution in [2.45, 2.75) is 33.1 Å². The highest BCUT2D eigenvalue weighted by molar-refractivity contribution is 6.10. The minimum Gasteiger partial charge on any atom is -0.496 e. The van der Waals surface area contributed by atoms with Crippen LogP contribution in [0.25, 0.3) is 0 Å². The van der Waals surface area contributed by atoms with Gasteiger partial charge in [-0.3, -0.25) is 4.79 Å². The lowest BCUT2D eigenvalue weighted by Gasteiger charge is -2.09. The van der Waals surface area contributed by atoms with E-state index in [-0.39, 0.29) is 5.78 Å². The van der Waals surface area contributed by atoms with E-state index in [1.807, 2.05) is 49.4 Å². The largest absolute Gasteiger partial charge is 0.496 e. The van der Waals surface area contributed by atoms with Crippen LogP contribution in [-0.2, 0) is 6.42 Å². The Balaban J connectivity index is 2.25. The molecule has 0 aliphatic rings. The number of rotatable bonds is 6. The molecule has 0 saturated heterocycles. The highest BCUT2D eigenvalue weighted by Crippen LogP contribution is 2.23. The van der Waals surface area contributed by atoms with Crippen LogP contribution in [0, 0.1) is 6.92 Å². The van der Waals surface area contributed by atoms with Crippen LogP contribution in [0.2, 0.25) is 0 Å². The summed E-state index contributed by atoms with van der Waals surface area (Å²) < 4.78 is 5.30. The van der Waals surface area contributed by atoms with Gasteiger partial charge in [-0.15, -0.1) is 0 Å². The van der Waals surface area contributed by atoms with Gasteiger partial charge in [0.05, 0.1) is 12.7 Å². The lowest BCUT2D eigenvalue weighted by Crippen LogP contribution is -2.04. The summed E-state index contributed by atoms with van der Waals surface area (Å²) in [6.45, 7) is 4.16. The molecule has 0 saturated carbocycles. The molecule has 2 aromatic rings. The molecule has 0 spiro atoms. The van der Waals surface area contributed by atoms with Gasteiger partial charge < -0.3 is 4.74 Å². The van der Waals surface area contributed by atoms with Crippen molar-refractivity contribution in [2.75, 3.05) is 7.11 Å². The van der Waals surface area contributed by atoms with E-state index < -0.39 is 0 Å². The second kappa shape index (κ2) is 7.07. The molecule has 0 aromatic heterocycles. The first-order valence-corrected chi connectivity index (χ1v) is 7.44. The van der Waals surface area contributed by atoms with Crippen molar-refractivity contribution in [3.05, 3.63) is 64.7 Å². The van der Waals surface area contributed by atoms with Gasteiger partial charge in [-0.25, -0.2) is 0 Å². The highest BCUT2D eigenvalue weighted by Gasteiger charge is 2.14. The van der Waals surface area contributed by atoms with Gasteiger partial charge in [-0.1, -0.05) is 49.2 Å². The predicted molar refractivity (Wildman–Crippen MR) is 86.2 cm³/mol. The normalized spacial score (nSPS) is 10.4. The molecule has 0 fully saturated rings. The second-order valence-electron chi connectivity index (χ2n) is 5.33. The van der Waals surface area contributed by atoms with Crippen LogP contribution < -0.4 is 4.74 Å². The molecular weight excluding hydrogens is 260 g/mol. The van der Waals surface area contributed by atoms with E-state index >= 15 is 0 Å². The molecule has 2 rings (SSSR count). The van der Waals surface area contributed by atoms with E-state index in [1.54, 1.807) is 7.11 Å². The summed E-state index contributed by atoms with van der Waals surface area (Å²) >= 11 is 0. The molecule has 21 heavy (non-hydrogen) atoms. The third-order valence-corrected chi connectivity index (χ3v) is 3.63. The Kier molecular flexibility index (Phi) is 5.15. The molecule has 2 aromatic carbocycles. The van der Waals surface area contributed by atoms with Gasteiger partial charge in [0.15, 0.2) is 5.78 Å². The van der Waals surface area contributed by atoms with E-state index in [9.17, 15) is 4.79 Å². The van der Waals surface area contributed by atoms with Crippen LogP contribution in [0.3, 0.4) is 0 Å². The fourth-order valence-corrected chi connectivity index (χ4v) is 2.36. The van der Waals surface area contributed by atoms with Crippen molar-refractivity contribution < 1.29 is 9.53 Å². The molecule has 0 amide bonds. The Bertz CT molecular complexity index is 612. The number of hydrogen-bond donors (Lipinski definition) is 0. The minimum absolute atomic E-state index is 0.0117. The first-order chi connectivity index (χ1) is 10.2. The molecule has 0 bridgehead atoms. The summed E-state index contributed by atoms with van der Waals surface area (Å²) in [5, 5.41) is 0. The van der Waals surface area contributed by atoms with Crippen LogP contribution in [-0.4, -0.2) is 12.9 Å². The maximum atomic E-state index is 12.6. The third kappa shape index (κ3) is 3.72. The topological polar surface area (TPSA) is 26.3 Å². The number of ketones is 1. The lowest BCUT2D eigenvalue weighted by molar-refractivity contribution is 0.103. The molecular formula is C19H22O2. The number of ether oxygens (including phenoxy) is 1. The van der Waals surface area contributed by atoms with Crippen molar-refractivity contribution in [3.8, 4) is 5.75 Å². The lowest BCUT2D eigenvalue weighted by atomic mass is 9.98. The Morgan fingerprint density at radius 1 is 1.10 bits per heavy atom. The summed E-state index contributed by atoms with van der Waals surface area (Å²) in [5.74, 6) is 0.637. The fourth-order valence-electron chi connectivity index (χ4n) is 2.36. The summed E-state index contributed by atoms with van der Waals surface area (Å²) in [5.41, 5.74) is 3.67. The zero-order chi connectivity index (χ0) is 15.2. The van der Waals surface area contributed by atoms with E-state index in [0.29, 0.717) is 16.9 Å². The Hall–Kier alpha value is -2.09. The molecule has 0 radical (unpaired) electrons. The Labute approximate surface area is 126 Å². The number of methoxy groups -OCH3 is 1. The molecule has 0 unspecified atom stereocenters. The predicted octanol–water partition coefficient (Wildman–Crippen LogP) is 4.58. The van der Waals surface area contributed by atoms with Gasteiger partial charge in [0, 0.05) is 5.56 Å². The van der Waals surface area contributed by atoms with Crippen LogP contribution in [0.4, 0.5) is 0 Å². The maximum absolute atomic E-state index is 12.6. The van der Waals surface area contributed by atoms with Crippen molar-refractivity contribution in [1.82, 2.24) is 0 Å². The van der Waals surface area contributed by atoms with Gasteiger partial charge >= 0.3 is 0 Å². The summed E-state index contributed by atoms with van der Waals surface area (Å²) in [6.07, 6.45) is 3.43. The quantitative estimate of drug-likeness (QED) is 0.725. The monoisotopic (exact) mass is 282 g/mol. The first-order valence-electron chi connectivity index (χ1n) is 7.44. The highest BCUT2D eigenvalue weighted by atomic mass is 16.5. The average molecular weight is 282 g/mol. The Morgan fingerprint density at radius 3 is 2.43 bits per heavy atom. The molecule has 2 heteroatoms. The molecule has 0 heterocycles. The smallest absolute Gasteiger partial charge is 0.196 e.